The van der Waals surface area contributed by atoms with Crippen molar-refractivity contribution in [1.29, 1.82) is 0 Å². The second kappa shape index (κ2) is 11.2. The van der Waals surface area contributed by atoms with Gasteiger partial charge in [0.2, 0.25) is 0 Å². The van der Waals surface area contributed by atoms with E-state index in [0.29, 0.717) is 27.1 Å². The van der Waals surface area contributed by atoms with Crippen LogP contribution in [0.15, 0.2) is 11.6 Å². The van der Waals surface area contributed by atoms with E-state index in [9.17, 15) is 4.79 Å². The molecule has 2 heteroatoms. The molecule has 0 bridgehead atoms. The molecular formula is C33H56OS. The summed E-state index contributed by atoms with van der Waals surface area (Å²) >= 11 is 1.69. The van der Waals surface area contributed by atoms with E-state index in [0.717, 1.165) is 48.3 Å². The molecule has 3 saturated carbocycles. The summed E-state index contributed by atoms with van der Waals surface area (Å²) in [6, 6.07) is 0. The van der Waals surface area contributed by atoms with Crippen LogP contribution in [0.3, 0.4) is 0 Å². The van der Waals surface area contributed by atoms with E-state index in [2.05, 4.69) is 54.5 Å². The quantitative estimate of drug-likeness (QED) is 0.293. The van der Waals surface area contributed by atoms with Crippen molar-refractivity contribution in [3.05, 3.63) is 11.6 Å². The predicted octanol–water partition coefficient (Wildman–Crippen LogP) is 10.1. The van der Waals surface area contributed by atoms with Gasteiger partial charge in [0.25, 0.3) is 0 Å². The molecule has 35 heavy (non-hydrogen) atoms. The van der Waals surface area contributed by atoms with E-state index in [4.69, 9.17) is 0 Å². The number of hydrogen-bond acceptors (Lipinski definition) is 2. The monoisotopic (exact) mass is 500 g/mol. The van der Waals surface area contributed by atoms with Gasteiger partial charge >= 0.3 is 0 Å². The highest BCUT2D eigenvalue weighted by Crippen LogP contribution is 2.67. The molecule has 0 aliphatic heterocycles. The Kier molecular flexibility index (Phi) is 8.93. The van der Waals surface area contributed by atoms with Gasteiger partial charge in [-0.15, -0.1) is 0 Å². The Morgan fingerprint density at radius 3 is 2.51 bits per heavy atom. The fourth-order valence-electron chi connectivity index (χ4n) is 9.42. The summed E-state index contributed by atoms with van der Waals surface area (Å²) in [5.41, 5.74) is 2.72. The number of allylic oxidation sites excluding steroid dienone is 2. The molecule has 4 rings (SSSR count). The Balaban J connectivity index is 1.41. The van der Waals surface area contributed by atoms with Crippen LogP contribution in [-0.2, 0) is 4.79 Å². The molecule has 0 aromatic heterocycles. The van der Waals surface area contributed by atoms with Crippen LogP contribution in [0, 0.1) is 52.3 Å². The van der Waals surface area contributed by atoms with Crippen LogP contribution < -0.4 is 0 Å². The standard InChI is InChI=1S/C33H56OS/c1-8-23(4)20-31(34)35-26-16-18-32(6)25(21-26)12-13-27-29-15-14-28(24(5)11-9-10-22(2)3)33(29,7)19-17-30(27)32/h12,22-24,26-30H,8-11,13-21H2,1-7H3/t23-,24-,26+,27-,28+,29-,30-,32+,33-/m1/s1. The highest BCUT2D eigenvalue weighted by atomic mass is 32.2. The third-order valence-corrected chi connectivity index (χ3v) is 12.9. The van der Waals surface area contributed by atoms with Crippen molar-refractivity contribution in [3.63, 3.8) is 0 Å². The first-order chi connectivity index (χ1) is 16.6. The average Bonchev–Trinajstić information content (AvgIpc) is 3.16. The zero-order chi connectivity index (χ0) is 25.4. The first-order valence-electron chi connectivity index (χ1n) is 15.5. The van der Waals surface area contributed by atoms with Crippen LogP contribution in [-0.4, -0.2) is 10.4 Å². The third kappa shape index (κ3) is 5.63. The van der Waals surface area contributed by atoms with Crippen molar-refractivity contribution < 1.29 is 4.79 Å². The van der Waals surface area contributed by atoms with Gasteiger partial charge in [0.15, 0.2) is 5.12 Å². The zero-order valence-electron chi connectivity index (χ0n) is 24.2. The summed E-state index contributed by atoms with van der Waals surface area (Å²) in [5, 5.41) is 0.967. The Bertz CT molecular complexity index is 769. The molecule has 0 unspecified atom stereocenters. The Morgan fingerprint density at radius 2 is 1.80 bits per heavy atom. The van der Waals surface area contributed by atoms with E-state index in [1.807, 2.05) is 0 Å². The number of rotatable bonds is 9. The summed E-state index contributed by atoms with van der Waals surface area (Å²) in [4.78, 5) is 12.6. The number of thioether (sulfide) groups is 1. The van der Waals surface area contributed by atoms with Gasteiger partial charge in [-0.05, 0) is 104 Å². The molecule has 3 fully saturated rings. The normalized spacial score (nSPS) is 40.5. The lowest BCUT2D eigenvalue weighted by atomic mass is 9.47. The summed E-state index contributed by atoms with van der Waals surface area (Å²) in [6.45, 7) is 17.1. The van der Waals surface area contributed by atoms with Crippen LogP contribution in [0.1, 0.15) is 132 Å². The Hall–Kier alpha value is -0.240. The minimum atomic E-state index is 0.405. The summed E-state index contributed by atoms with van der Waals surface area (Å²) < 4.78 is 0. The zero-order valence-corrected chi connectivity index (χ0v) is 25.0. The number of fused-ring (bicyclic) bond motifs is 5. The Morgan fingerprint density at radius 1 is 1.03 bits per heavy atom. The molecule has 0 aromatic rings. The fraction of sp³-hybridized carbons (Fsp3) is 0.909. The smallest absolute Gasteiger partial charge is 0.189 e. The fourth-order valence-corrected chi connectivity index (χ4v) is 10.7. The summed E-state index contributed by atoms with van der Waals surface area (Å²) in [6.07, 6.45) is 19.8. The molecule has 0 heterocycles. The van der Waals surface area contributed by atoms with Crippen LogP contribution in [0.5, 0.6) is 0 Å². The van der Waals surface area contributed by atoms with Gasteiger partial charge in [-0.2, -0.15) is 0 Å². The van der Waals surface area contributed by atoms with Crippen molar-refractivity contribution in [1.82, 2.24) is 0 Å². The molecule has 9 atom stereocenters. The van der Waals surface area contributed by atoms with E-state index >= 15 is 0 Å². The lowest BCUT2D eigenvalue weighted by Gasteiger charge is -2.58. The summed E-state index contributed by atoms with van der Waals surface area (Å²) in [7, 11) is 0. The topological polar surface area (TPSA) is 17.1 Å². The van der Waals surface area contributed by atoms with Gasteiger partial charge in [-0.1, -0.05) is 97.6 Å². The van der Waals surface area contributed by atoms with Crippen LogP contribution in [0.4, 0.5) is 0 Å². The molecule has 1 nitrogen and oxygen atoms in total. The van der Waals surface area contributed by atoms with E-state index < -0.39 is 0 Å². The average molecular weight is 501 g/mol. The molecule has 0 spiro atoms. The largest absolute Gasteiger partial charge is 0.287 e. The number of carbonyl (C=O) groups excluding carboxylic acids is 1. The molecule has 4 aliphatic rings. The maximum atomic E-state index is 12.6. The third-order valence-electron chi connectivity index (χ3n) is 11.8. The van der Waals surface area contributed by atoms with Crippen molar-refractivity contribution in [2.75, 3.05) is 0 Å². The minimum absolute atomic E-state index is 0.405. The van der Waals surface area contributed by atoms with E-state index in [-0.39, 0.29) is 0 Å². The summed E-state index contributed by atoms with van der Waals surface area (Å²) in [5.74, 6) is 5.96. The molecule has 0 N–H and O–H groups in total. The second-order valence-electron chi connectivity index (χ2n) is 14.4. The minimum Gasteiger partial charge on any atom is -0.287 e. The van der Waals surface area contributed by atoms with Crippen molar-refractivity contribution in [2.45, 2.75) is 137 Å². The molecule has 0 amide bonds. The van der Waals surface area contributed by atoms with E-state index in [1.165, 1.54) is 70.6 Å². The number of carbonyl (C=O) groups is 1. The molecular weight excluding hydrogens is 444 g/mol. The maximum absolute atomic E-state index is 12.6. The first kappa shape index (κ1) is 27.8. The van der Waals surface area contributed by atoms with Crippen LogP contribution in [0.25, 0.3) is 0 Å². The van der Waals surface area contributed by atoms with Gasteiger partial charge in [-0.3, -0.25) is 4.79 Å². The molecule has 200 valence electrons. The van der Waals surface area contributed by atoms with Gasteiger partial charge in [-0.25, -0.2) is 0 Å². The van der Waals surface area contributed by atoms with Crippen LogP contribution >= 0.6 is 11.8 Å². The Labute approximate surface area is 222 Å². The van der Waals surface area contributed by atoms with Gasteiger partial charge in [0.05, 0.1) is 0 Å². The second-order valence-corrected chi connectivity index (χ2v) is 15.7. The first-order valence-corrected chi connectivity index (χ1v) is 16.3. The van der Waals surface area contributed by atoms with Gasteiger partial charge in [0, 0.05) is 11.7 Å². The lowest BCUT2D eigenvalue weighted by Crippen LogP contribution is -2.50. The highest BCUT2D eigenvalue weighted by Gasteiger charge is 2.59. The van der Waals surface area contributed by atoms with Gasteiger partial charge < -0.3 is 0 Å². The highest BCUT2D eigenvalue weighted by molar-refractivity contribution is 8.14. The van der Waals surface area contributed by atoms with Crippen molar-refractivity contribution >= 4 is 16.9 Å². The predicted molar refractivity (Wildman–Crippen MR) is 154 cm³/mol. The van der Waals surface area contributed by atoms with Crippen LogP contribution in [0.2, 0.25) is 0 Å². The lowest BCUT2D eigenvalue weighted by molar-refractivity contribution is -0.111. The SMILES string of the molecule is CC[C@@H](C)CC(=O)S[C@H]1CC[C@@]2(C)C(=CC[C@@H]3[C@H]4CC[C@@H]([C@H](C)CCCC(C)C)[C@@]4(C)CC[C@H]32)C1. The van der Waals surface area contributed by atoms with Crippen molar-refractivity contribution in [2.24, 2.45) is 52.3 Å². The van der Waals surface area contributed by atoms with Gasteiger partial charge in [0.1, 0.15) is 0 Å². The maximum Gasteiger partial charge on any atom is 0.189 e. The number of hydrogen-bond donors (Lipinski definition) is 0. The molecule has 0 aromatic carbocycles. The van der Waals surface area contributed by atoms with E-state index in [1.54, 1.807) is 17.3 Å². The molecule has 4 aliphatic carbocycles. The molecule has 0 radical (unpaired) electrons. The molecule has 0 saturated heterocycles. The van der Waals surface area contributed by atoms with Crippen molar-refractivity contribution in [3.8, 4) is 0 Å².